The van der Waals surface area contributed by atoms with Crippen LogP contribution in [0.2, 0.25) is 5.02 Å². The molecular weight excluding hydrogens is 502 g/mol. The largest absolute Gasteiger partial charge is 0.480 e. The second kappa shape index (κ2) is 9.01. The highest BCUT2D eigenvalue weighted by molar-refractivity contribution is 6.32. The van der Waals surface area contributed by atoms with E-state index in [9.17, 15) is 13.6 Å². The van der Waals surface area contributed by atoms with E-state index in [1.807, 2.05) is 0 Å². The molecule has 11 heteroatoms. The van der Waals surface area contributed by atoms with Crippen LogP contribution in [0.3, 0.4) is 0 Å². The zero-order valence-corrected chi connectivity index (χ0v) is 21.5. The predicted molar refractivity (Wildman–Crippen MR) is 141 cm³/mol. The number of nitrogens with zero attached hydrogens (tertiary/aromatic N) is 4. The first-order valence-electron chi connectivity index (χ1n) is 12.7. The van der Waals surface area contributed by atoms with Crippen LogP contribution in [0.5, 0.6) is 5.75 Å². The average molecular weight is 531 g/mol. The van der Waals surface area contributed by atoms with Crippen LogP contribution < -0.4 is 25.8 Å². The number of halogens is 3. The molecule has 37 heavy (non-hydrogen) atoms. The molecule has 1 saturated carbocycles. The smallest absolute Gasteiger partial charge is 0.301 e. The fourth-order valence-electron chi connectivity index (χ4n) is 5.39. The van der Waals surface area contributed by atoms with E-state index in [0.717, 1.165) is 32.4 Å². The van der Waals surface area contributed by atoms with E-state index in [2.05, 4.69) is 32.4 Å². The summed E-state index contributed by atoms with van der Waals surface area (Å²) in [6.45, 7) is 3.16. The lowest BCUT2D eigenvalue weighted by Gasteiger charge is -2.31. The predicted octanol–water partition coefficient (Wildman–Crippen LogP) is 5.18. The van der Waals surface area contributed by atoms with Crippen LogP contribution in [0.15, 0.2) is 29.2 Å². The number of aryl methyl sites for hydroxylation is 1. The molecule has 3 aliphatic rings. The molecule has 2 N–H and O–H groups in total. The maximum atomic E-state index is 14.9. The van der Waals surface area contributed by atoms with Gasteiger partial charge in [-0.1, -0.05) is 18.5 Å². The normalized spacial score (nSPS) is 23.1. The molecule has 0 radical (unpaired) electrons. The highest BCUT2D eigenvalue weighted by Gasteiger charge is 2.51. The van der Waals surface area contributed by atoms with Gasteiger partial charge in [0.1, 0.15) is 5.02 Å². The Balaban J connectivity index is 1.39. The van der Waals surface area contributed by atoms with E-state index in [-0.39, 0.29) is 11.7 Å². The third-order valence-corrected chi connectivity index (χ3v) is 7.82. The Labute approximate surface area is 218 Å². The molecule has 196 valence electrons. The monoisotopic (exact) mass is 530 g/mol. The van der Waals surface area contributed by atoms with Crippen molar-refractivity contribution in [3.8, 4) is 5.75 Å². The Morgan fingerprint density at radius 3 is 2.84 bits per heavy atom. The molecule has 2 fully saturated rings. The summed E-state index contributed by atoms with van der Waals surface area (Å²) < 4.78 is 36.7. The Bertz CT molecular complexity index is 1430. The lowest BCUT2D eigenvalue weighted by Crippen LogP contribution is -2.44. The van der Waals surface area contributed by atoms with E-state index < -0.39 is 24.1 Å². The molecule has 2 aromatic heterocycles. The van der Waals surface area contributed by atoms with Gasteiger partial charge in [-0.25, -0.2) is 13.8 Å². The van der Waals surface area contributed by atoms with Crippen LogP contribution in [0.25, 0.3) is 10.9 Å². The quantitative estimate of drug-likeness (QED) is 0.481. The van der Waals surface area contributed by atoms with Crippen molar-refractivity contribution < 1.29 is 13.5 Å². The number of fused-ring (bicyclic) bond motifs is 3. The van der Waals surface area contributed by atoms with Gasteiger partial charge in [-0.2, -0.15) is 4.98 Å². The second-order valence-corrected chi connectivity index (χ2v) is 10.9. The zero-order chi connectivity index (χ0) is 25.9. The van der Waals surface area contributed by atoms with Gasteiger partial charge in [0.2, 0.25) is 11.7 Å². The molecule has 2 aliphatic heterocycles. The number of rotatable bonds is 4. The Morgan fingerprint density at radius 2 is 2.08 bits per heavy atom. The van der Waals surface area contributed by atoms with Crippen molar-refractivity contribution in [3.63, 3.8) is 0 Å². The van der Waals surface area contributed by atoms with Crippen molar-refractivity contribution >= 4 is 45.6 Å². The van der Waals surface area contributed by atoms with Crippen molar-refractivity contribution in [1.82, 2.24) is 14.5 Å². The number of piperidine rings is 1. The third kappa shape index (κ3) is 4.45. The number of ether oxygens (including phenoxy) is 1. The van der Waals surface area contributed by atoms with Gasteiger partial charge in [-0.05, 0) is 55.7 Å². The number of hydrogen-bond donors (Lipinski definition) is 2. The molecule has 1 saturated heterocycles. The van der Waals surface area contributed by atoms with Crippen LogP contribution in [0.4, 0.5) is 31.9 Å². The zero-order valence-electron chi connectivity index (χ0n) is 20.7. The maximum Gasteiger partial charge on any atom is 0.301 e. The SMILES string of the molecule is CC1CCCN(c2ncc(Cl)c(Nc3ccc4c(c3)c3c(c(=O)n4C)OCC(F)(F)[C@H](C4CC4)N3)n2)C1. The summed E-state index contributed by atoms with van der Waals surface area (Å²) in [6.07, 6.45) is 5.30. The van der Waals surface area contributed by atoms with Gasteiger partial charge in [0.25, 0.3) is 5.56 Å². The minimum Gasteiger partial charge on any atom is -0.480 e. The van der Waals surface area contributed by atoms with Crippen LogP contribution in [-0.4, -0.2) is 46.2 Å². The lowest BCUT2D eigenvalue weighted by molar-refractivity contribution is -0.0579. The van der Waals surface area contributed by atoms with Crippen molar-refractivity contribution in [1.29, 1.82) is 0 Å². The summed E-state index contributed by atoms with van der Waals surface area (Å²) in [6, 6.07) is 4.29. The van der Waals surface area contributed by atoms with E-state index in [0.29, 0.717) is 45.0 Å². The first kappa shape index (κ1) is 24.2. The Morgan fingerprint density at radius 1 is 1.27 bits per heavy atom. The fourth-order valence-corrected chi connectivity index (χ4v) is 5.53. The first-order chi connectivity index (χ1) is 17.7. The third-order valence-electron chi connectivity index (χ3n) is 7.54. The molecule has 6 rings (SSSR count). The molecule has 0 bridgehead atoms. The van der Waals surface area contributed by atoms with Crippen molar-refractivity contribution in [2.75, 3.05) is 35.2 Å². The summed E-state index contributed by atoms with van der Waals surface area (Å²) in [5.41, 5.74) is 1.09. The molecule has 2 atom stereocenters. The fraction of sp³-hybridized carbons (Fsp3) is 0.500. The highest BCUT2D eigenvalue weighted by Crippen LogP contribution is 2.45. The summed E-state index contributed by atoms with van der Waals surface area (Å²) in [5, 5.41) is 7.23. The molecule has 8 nitrogen and oxygen atoms in total. The highest BCUT2D eigenvalue weighted by atomic mass is 35.5. The van der Waals surface area contributed by atoms with Gasteiger partial charge in [0.05, 0.1) is 23.4 Å². The van der Waals surface area contributed by atoms with Crippen LogP contribution >= 0.6 is 11.6 Å². The second-order valence-electron chi connectivity index (χ2n) is 10.5. The molecule has 1 unspecified atom stereocenters. The van der Waals surface area contributed by atoms with Crippen LogP contribution in [0, 0.1) is 11.8 Å². The number of hydrogen-bond acceptors (Lipinski definition) is 7. The van der Waals surface area contributed by atoms with Crippen LogP contribution in [0.1, 0.15) is 32.6 Å². The molecule has 3 aromatic rings. The first-order valence-corrected chi connectivity index (χ1v) is 13.1. The summed E-state index contributed by atoms with van der Waals surface area (Å²) in [5.74, 6) is -1.71. The molecule has 0 amide bonds. The summed E-state index contributed by atoms with van der Waals surface area (Å²) in [4.78, 5) is 24.3. The molecule has 1 aromatic carbocycles. The number of nitrogens with one attached hydrogen (secondary N) is 2. The number of anilines is 4. The van der Waals surface area contributed by atoms with Gasteiger partial charge in [0.15, 0.2) is 12.4 Å². The van der Waals surface area contributed by atoms with Crippen molar-refractivity contribution in [3.05, 3.63) is 39.8 Å². The molecule has 4 heterocycles. The van der Waals surface area contributed by atoms with Crippen LogP contribution in [-0.2, 0) is 7.05 Å². The molecular formula is C26H29ClF2N6O2. The minimum absolute atomic E-state index is 0.0865. The van der Waals surface area contributed by atoms with Crippen molar-refractivity contribution in [2.24, 2.45) is 18.9 Å². The molecule has 1 aliphatic carbocycles. The minimum atomic E-state index is -3.09. The number of alkyl halides is 2. The Kier molecular flexibility index (Phi) is 5.89. The number of pyridine rings is 1. The topological polar surface area (TPSA) is 84.3 Å². The molecule has 0 spiro atoms. The lowest BCUT2D eigenvalue weighted by atomic mass is 10.0. The Hall–Kier alpha value is -3.14. The van der Waals surface area contributed by atoms with E-state index in [1.54, 1.807) is 31.4 Å². The maximum absolute atomic E-state index is 14.9. The van der Waals surface area contributed by atoms with E-state index in [1.165, 1.54) is 11.0 Å². The number of benzene rings is 1. The standard InChI is InChI=1S/C26H29ClF2N6O2/c1-14-4-3-9-35(12-14)25-30-11-18(27)23(33-25)31-16-7-8-19-17(10-16)20-21(24(36)34(19)2)37-13-26(28,29)22(32-20)15-5-6-15/h7-8,10-11,14-15,22,32H,3-6,9,12-13H2,1-2H3,(H,30,31,33)/t14?,22-/m0/s1. The van der Waals surface area contributed by atoms with Gasteiger partial charge in [0, 0.05) is 31.2 Å². The number of aromatic nitrogens is 3. The van der Waals surface area contributed by atoms with E-state index in [4.69, 9.17) is 16.3 Å². The summed E-state index contributed by atoms with van der Waals surface area (Å²) in [7, 11) is 1.61. The van der Waals surface area contributed by atoms with E-state index >= 15 is 0 Å². The summed E-state index contributed by atoms with van der Waals surface area (Å²) >= 11 is 6.44. The van der Waals surface area contributed by atoms with Gasteiger partial charge in [-0.15, -0.1) is 0 Å². The van der Waals surface area contributed by atoms with Gasteiger partial charge >= 0.3 is 5.92 Å². The van der Waals surface area contributed by atoms with Gasteiger partial charge in [-0.3, -0.25) is 4.79 Å². The van der Waals surface area contributed by atoms with Gasteiger partial charge < -0.3 is 24.8 Å². The average Bonchev–Trinajstić information content (AvgIpc) is 3.71. The van der Waals surface area contributed by atoms with Crippen molar-refractivity contribution in [2.45, 2.75) is 44.6 Å².